The van der Waals surface area contributed by atoms with Crippen molar-refractivity contribution in [2.24, 2.45) is 34.5 Å². The molecule has 0 radical (unpaired) electrons. The molecule has 0 N–H and O–H groups in total. The van der Waals surface area contributed by atoms with Crippen molar-refractivity contribution < 1.29 is 4.79 Å². The fourth-order valence-corrected chi connectivity index (χ4v) is 6.73. The Hall–Kier alpha value is -0.850. The summed E-state index contributed by atoms with van der Waals surface area (Å²) in [5.74, 6) is 2.78. The quantitative estimate of drug-likeness (QED) is 0.599. The molecule has 0 aromatic rings. The van der Waals surface area contributed by atoms with E-state index in [0.29, 0.717) is 16.7 Å². The van der Waals surface area contributed by atoms with Gasteiger partial charge in [-0.15, -0.1) is 0 Å². The van der Waals surface area contributed by atoms with E-state index in [1.54, 1.807) is 11.1 Å². The first-order valence-corrected chi connectivity index (χ1v) is 9.32. The number of rotatable bonds is 1. The van der Waals surface area contributed by atoms with Gasteiger partial charge in [-0.2, -0.15) is 0 Å². The highest BCUT2D eigenvalue weighted by Crippen LogP contribution is 2.65. The molecule has 0 aliphatic heterocycles. The molecule has 0 amide bonds. The summed E-state index contributed by atoms with van der Waals surface area (Å²) in [6, 6.07) is 0. The van der Waals surface area contributed by atoms with Crippen molar-refractivity contribution in [1.29, 1.82) is 0 Å². The van der Waals surface area contributed by atoms with Crippen LogP contribution in [0.3, 0.4) is 0 Å². The average molecular weight is 298 g/mol. The highest BCUT2D eigenvalue weighted by Gasteiger charge is 2.57. The van der Waals surface area contributed by atoms with Gasteiger partial charge < -0.3 is 4.79 Å². The van der Waals surface area contributed by atoms with Crippen LogP contribution in [0.2, 0.25) is 0 Å². The van der Waals surface area contributed by atoms with Crippen LogP contribution in [0.25, 0.3) is 0 Å². The minimum atomic E-state index is 0.297. The predicted octanol–water partition coefficient (Wildman–Crippen LogP) is 5.32. The average Bonchev–Trinajstić information content (AvgIpc) is 2.84. The van der Waals surface area contributed by atoms with Gasteiger partial charge in [0.05, 0.1) is 0 Å². The maximum Gasteiger partial charge on any atom is 0.123 e. The summed E-state index contributed by atoms with van der Waals surface area (Å²) in [6.07, 6.45) is 15.2. The van der Waals surface area contributed by atoms with Crippen LogP contribution in [0.15, 0.2) is 23.3 Å². The summed E-state index contributed by atoms with van der Waals surface area (Å²) >= 11 is 0. The van der Waals surface area contributed by atoms with Gasteiger partial charge in [0.25, 0.3) is 0 Å². The van der Waals surface area contributed by atoms with Gasteiger partial charge in [0.2, 0.25) is 0 Å². The number of carbonyl (C=O) groups is 1. The molecule has 4 aliphatic rings. The minimum Gasteiger partial charge on any atom is -0.303 e. The van der Waals surface area contributed by atoms with Crippen molar-refractivity contribution in [1.82, 2.24) is 0 Å². The van der Waals surface area contributed by atoms with Gasteiger partial charge in [-0.1, -0.05) is 31.6 Å². The van der Waals surface area contributed by atoms with Crippen LogP contribution < -0.4 is 0 Å². The van der Waals surface area contributed by atoms with E-state index in [1.807, 2.05) is 0 Å². The van der Waals surface area contributed by atoms with Crippen molar-refractivity contribution in [2.75, 3.05) is 0 Å². The van der Waals surface area contributed by atoms with Crippen LogP contribution in [0.5, 0.6) is 0 Å². The Kier molecular flexibility index (Phi) is 3.23. The number of hydrogen-bond donors (Lipinski definition) is 0. The van der Waals surface area contributed by atoms with E-state index >= 15 is 0 Å². The van der Waals surface area contributed by atoms with Crippen molar-refractivity contribution in [3.05, 3.63) is 23.3 Å². The zero-order valence-corrected chi connectivity index (χ0v) is 14.4. The Morgan fingerprint density at radius 2 is 1.95 bits per heavy atom. The van der Waals surface area contributed by atoms with E-state index in [-0.39, 0.29) is 0 Å². The van der Waals surface area contributed by atoms with Crippen molar-refractivity contribution in [3.8, 4) is 0 Å². The molecule has 2 saturated carbocycles. The maximum absolute atomic E-state index is 11.5. The zero-order chi connectivity index (χ0) is 15.5. The van der Waals surface area contributed by atoms with Gasteiger partial charge in [0.1, 0.15) is 6.29 Å². The van der Waals surface area contributed by atoms with Crippen LogP contribution in [-0.4, -0.2) is 6.29 Å². The number of carbonyl (C=O) groups excluding carboxylic acids is 1. The van der Waals surface area contributed by atoms with Crippen molar-refractivity contribution >= 4 is 6.29 Å². The fraction of sp³-hybridized carbons (Fsp3) is 0.762. The first-order chi connectivity index (χ1) is 10.5. The second kappa shape index (κ2) is 4.82. The van der Waals surface area contributed by atoms with Gasteiger partial charge in [-0.3, -0.25) is 0 Å². The smallest absolute Gasteiger partial charge is 0.123 e. The van der Waals surface area contributed by atoms with Crippen LogP contribution in [0.1, 0.15) is 65.7 Å². The van der Waals surface area contributed by atoms with Crippen LogP contribution in [0.4, 0.5) is 0 Å². The topological polar surface area (TPSA) is 17.1 Å². The highest BCUT2D eigenvalue weighted by atomic mass is 16.1. The van der Waals surface area contributed by atoms with Crippen LogP contribution in [-0.2, 0) is 4.79 Å². The number of allylic oxidation sites excluding steroid dienone is 4. The molecule has 4 aliphatic carbocycles. The molecule has 120 valence electrons. The van der Waals surface area contributed by atoms with Gasteiger partial charge in [0, 0.05) is 5.92 Å². The Morgan fingerprint density at radius 1 is 1.14 bits per heavy atom. The van der Waals surface area contributed by atoms with Gasteiger partial charge >= 0.3 is 0 Å². The molecular formula is C21H30O. The molecule has 0 aromatic carbocycles. The molecule has 0 saturated heterocycles. The van der Waals surface area contributed by atoms with E-state index < -0.39 is 0 Å². The molecule has 0 bridgehead atoms. The first kappa shape index (κ1) is 14.7. The second-order valence-corrected chi connectivity index (χ2v) is 9.04. The molecule has 2 fully saturated rings. The lowest BCUT2D eigenvalue weighted by Crippen LogP contribution is -2.49. The third-order valence-corrected chi connectivity index (χ3v) is 8.20. The molecule has 0 spiro atoms. The lowest BCUT2D eigenvalue weighted by Gasteiger charge is -2.56. The van der Waals surface area contributed by atoms with E-state index in [4.69, 9.17) is 0 Å². The maximum atomic E-state index is 11.5. The molecule has 22 heavy (non-hydrogen) atoms. The number of fused-ring (bicyclic) bond motifs is 5. The summed E-state index contributed by atoms with van der Waals surface area (Å²) in [6.45, 7) is 7.25. The summed E-state index contributed by atoms with van der Waals surface area (Å²) in [7, 11) is 0. The van der Waals surface area contributed by atoms with Crippen LogP contribution in [0, 0.1) is 34.5 Å². The lowest BCUT2D eigenvalue weighted by molar-refractivity contribution is -0.117. The summed E-state index contributed by atoms with van der Waals surface area (Å²) in [4.78, 5) is 11.5. The molecule has 4 rings (SSSR count). The van der Waals surface area contributed by atoms with E-state index in [0.717, 1.165) is 24.2 Å². The van der Waals surface area contributed by atoms with Crippen molar-refractivity contribution in [2.45, 2.75) is 65.7 Å². The molecule has 1 heteroatoms. The molecule has 6 atom stereocenters. The molecule has 3 unspecified atom stereocenters. The van der Waals surface area contributed by atoms with E-state index in [9.17, 15) is 4.79 Å². The second-order valence-electron chi connectivity index (χ2n) is 9.04. The molecule has 0 heterocycles. The molecule has 1 nitrogen and oxygen atoms in total. The van der Waals surface area contributed by atoms with E-state index in [1.165, 1.54) is 44.8 Å². The summed E-state index contributed by atoms with van der Waals surface area (Å²) < 4.78 is 0. The Morgan fingerprint density at radius 3 is 2.73 bits per heavy atom. The number of aldehydes is 1. The minimum absolute atomic E-state index is 0.297. The van der Waals surface area contributed by atoms with Crippen LogP contribution >= 0.6 is 0 Å². The Balaban J connectivity index is 1.70. The predicted molar refractivity (Wildman–Crippen MR) is 90.4 cm³/mol. The monoisotopic (exact) mass is 298 g/mol. The third kappa shape index (κ3) is 1.80. The van der Waals surface area contributed by atoms with Gasteiger partial charge in [0.15, 0.2) is 0 Å². The Bertz CT molecular complexity index is 556. The molecular weight excluding hydrogens is 268 g/mol. The van der Waals surface area contributed by atoms with Crippen molar-refractivity contribution in [3.63, 3.8) is 0 Å². The SMILES string of the molecule is CC1=CC2=CCC3C(CC[C@@]4(C)C3CC[C@@H]4C=O)[C@@]2(C)CC1. The highest BCUT2D eigenvalue weighted by molar-refractivity contribution is 5.56. The zero-order valence-electron chi connectivity index (χ0n) is 14.4. The Labute approximate surface area is 135 Å². The largest absolute Gasteiger partial charge is 0.303 e. The first-order valence-electron chi connectivity index (χ1n) is 9.32. The standard InChI is InChI=1S/C21H30O/c1-14-8-10-20(2)15(12-14)4-6-17-18-7-5-16(13-22)21(18,3)11-9-19(17)20/h4,12-13,16-19H,5-11H2,1-3H3/t16-,17?,18?,19?,20+,21-/m1/s1. The van der Waals surface area contributed by atoms with Gasteiger partial charge in [-0.05, 0) is 86.0 Å². The fourth-order valence-electron chi connectivity index (χ4n) is 6.73. The number of hydrogen-bond acceptors (Lipinski definition) is 1. The normalized spacial score (nSPS) is 50.3. The molecule has 0 aromatic heterocycles. The lowest BCUT2D eigenvalue weighted by atomic mass is 9.48. The van der Waals surface area contributed by atoms with Gasteiger partial charge in [-0.25, -0.2) is 0 Å². The summed E-state index contributed by atoms with van der Waals surface area (Å²) in [5.41, 5.74) is 3.89. The third-order valence-electron chi connectivity index (χ3n) is 8.20. The van der Waals surface area contributed by atoms with E-state index in [2.05, 4.69) is 32.9 Å². The summed E-state index contributed by atoms with van der Waals surface area (Å²) in [5, 5.41) is 0.